The first-order chi connectivity index (χ1) is 14.8. The minimum atomic E-state index is -4.03. The molecule has 0 saturated carbocycles. The van der Waals surface area contributed by atoms with Gasteiger partial charge in [0, 0.05) is 23.1 Å². The van der Waals surface area contributed by atoms with E-state index in [1.165, 1.54) is 5.56 Å². The second-order valence-corrected chi connectivity index (χ2v) is 9.83. The molecule has 1 aliphatic rings. The zero-order valence-corrected chi connectivity index (χ0v) is 19.1. The summed E-state index contributed by atoms with van der Waals surface area (Å²) < 4.78 is 19.0. The maximum absolute atomic E-state index is 12.2. The van der Waals surface area contributed by atoms with Gasteiger partial charge >= 0.3 is 7.60 Å². The van der Waals surface area contributed by atoms with Crippen molar-refractivity contribution in [3.63, 3.8) is 0 Å². The number of amides is 1. The summed E-state index contributed by atoms with van der Waals surface area (Å²) in [6.07, 6.45) is 2.60. The number of ether oxygens (including phenoxy) is 1. The monoisotopic (exact) mass is 478 g/mol. The molecule has 9 nitrogen and oxygen atoms in total. The lowest BCUT2D eigenvalue weighted by Crippen LogP contribution is -2.25. The van der Waals surface area contributed by atoms with Crippen molar-refractivity contribution in [2.45, 2.75) is 38.1 Å². The fourth-order valence-corrected chi connectivity index (χ4v) is 5.01. The van der Waals surface area contributed by atoms with Crippen LogP contribution in [0.1, 0.15) is 42.0 Å². The van der Waals surface area contributed by atoms with E-state index in [0.717, 1.165) is 41.4 Å². The Morgan fingerprint density at radius 2 is 1.88 bits per heavy atom. The van der Waals surface area contributed by atoms with Crippen LogP contribution in [0.2, 0.25) is 0 Å². The number of aromatic nitrogens is 1. The Morgan fingerprint density at radius 3 is 2.55 bits per heavy atom. The van der Waals surface area contributed by atoms with Gasteiger partial charge < -0.3 is 35.8 Å². The van der Waals surface area contributed by atoms with Crippen LogP contribution in [-0.4, -0.2) is 44.0 Å². The van der Waals surface area contributed by atoms with Gasteiger partial charge in [-0.15, -0.1) is 0 Å². The summed E-state index contributed by atoms with van der Waals surface area (Å²) >= 11 is 0. The van der Waals surface area contributed by atoms with Crippen molar-refractivity contribution in [1.82, 2.24) is 4.57 Å². The predicted molar refractivity (Wildman–Crippen MR) is 127 cm³/mol. The third-order valence-electron chi connectivity index (χ3n) is 5.83. The molecule has 3 aromatic rings. The van der Waals surface area contributed by atoms with Gasteiger partial charge in [0.15, 0.2) is 0 Å². The first kappa shape index (κ1) is 26.6. The molecule has 4 rings (SSSR count). The maximum atomic E-state index is 12.2. The van der Waals surface area contributed by atoms with Crippen molar-refractivity contribution >= 4 is 24.4 Å². The van der Waals surface area contributed by atoms with E-state index in [4.69, 9.17) is 20.3 Å². The molecule has 33 heavy (non-hydrogen) atoms. The normalized spacial score (nSPS) is 15.3. The van der Waals surface area contributed by atoms with Crippen molar-refractivity contribution in [2.24, 2.45) is 5.73 Å². The third kappa shape index (κ3) is 6.01. The highest BCUT2D eigenvalue weighted by molar-refractivity contribution is 7.51. The van der Waals surface area contributed by atoms with Crippen molar-refractivity contribution in [3.05, 3.63) is 65.4 Å². The van der Waals surface area contributed by atoms with Crippen molar-refractivity contribution in [3.8, 4) is 5.75 Å². The smallest absolute Gasteiger partial charge is 0.325 e. The van der Waals surface area contributed by atoms with E-state index >= 15 is 0 Å². The van der Waals surface area contributed by atoms with Crippen LogP contribution in [0.25, 0.3) is 10.9 Å². The summed E-state index contributed by atoms with van der Waals surface area (Å²) in [7, 11) is -4.03. The average Bonchev–Trinajstić information content (AvgIpc) is 3.04. The Kier molecular flexibility index (Phi) is 8.82. The molecule has 1 aromatic heterocycles. The summed E-state index contributed by atoms with van der Waals surface area (Å²) in [4.78, 5) is 30.2. The van der Waals surface area contributed by atoms with E-state index in [9.17, 15) is 9.36 Å². The summed E-state index contributed by atoms with van der Waals surface area (Å²) in [5.41, 5.74) is 10.1. The first-order valence-corrected chi connectivity index (χ1v) is 12.3. The number of carbonyl (C=O) groups excluding carboxylic acids is 1. The van der Waals surface area contributed by atoms with Gasteiger partial charge in [-0.25, -0.2) is 0 Å². The second kappa shape index (κ2) is 11.0. The zero-order chi connectivity index (χ0) is 22.0. The van der Waals surface area contributed by atoms with Crippen LogP contribution in [-0.2, 0) is 22.3 Å². The SMILES string of the molecule is NC(=O)C1CCCc2c1c1cc(OCCCP(=O)(O)O)ccc1n2Cc1ccccc1.O.O. The number of hydrogen-bond acceptors (Lipinski definition) is 3. The molecule has 2 aromatic carbocycles. The molecule has 8 N–H and O–H groups in total. The molecule has 180 valence electrons. The van der Waals surface area contributed by atoms with Gasteiger partial charge in [0.2, 0.25) is 5.91 Å². The summed E-state index contributed by atoms with van der Waals surface area (Å²) in [6, 6.07) is 16.0. The highest BCUT2D eigenvalue weighted by Gasteiger charge is 2.31. The van der Waals surface area contributed by atoms with Crippen LogP contribution < -0.4 is 10.5 Å². The van der Waals surface area contributed by atoms with Crippen LogP contribution >= 0.6 is 7.60 Å². The number of carbonyl (C=O) groups is 1. The highest BCUT2D eigenvalue weighted by Crippen LogP contribution is 2.41. The lowest BCUT2D eigenvalue weighted by atomic mass is 9.84. The molecule has 0 bridgehead atoms. The molecule has 1 atom stereocenters. The van der Waals surface area contributed by atoms with E-state index < -0.39 is 7.60 Å². The van der Waals surface area contributed by atoms with Crippen LogP contribution in [0, 0.1) is 0 Å². The van der Waals surface area contributed by atoms with Crippen LogP contribution in [0.15, 0.2) is 48.5 Å². The fourth-order valence-electron chi connectivity index (χ4n) is 4.47. The Morgan fingerprint density at radius 1 is 1.15 bits per heavy atom. The molecule has 0 spiro atoms. The van der Waals surface area contributed by atoms with Gasteiger partial charge in [0.25, 0.3) is 0 Å². The number of fused-ring (bicyclic) bond motifs is 3. The van der Waals surface area contributed by atoms with Gasteiger partial charge in [0.05, 0.1) is 18.7 Å². The van der Waals surface area contributed by atoms with Gasteiger partial charge in [-0.05, 0) is 55.0 Å². The lowest BCUT2D eigenvalue weighted by molar-refractivity contribution is -0.119. The van der Waals surface area contributed by atoms with Gasteiger partial charge in [-0.3, -0.25) is 9.36 Å². The molecule has 0 aliphatic heterocycles. The average molecular weight is 478 g/mol. The molecule has 1 unspecified atom stereocenters. The number of nitrogens with zero attached hydrogens (tertiary/aromatic N) is 1. The number of benzene rings is 2. The van der Waals surface area contributed by atoms with Gasteiger partial charge in [0.1, 0.15) is 5.75 Å². The second-order valence-electron chi connectivity index (χ2n) is 8.05. The Balaban J connectivity index is 0.00000193. The number of rotatable bonds is 8. The summed E-state index contributed by atoms with van der Waals surface area (Å²) in [6.45, 7) is 0.920. The summed E-state index contributed by atoms with van der Waals surface area (Å²) in [5, 5.41) is 0.960. The fraction of sp³-hybridized carbons (Fsp3) is 0.348. The van der Waals surface area contributed by atoms with Crippen molar-refractivity contribution < 1.29 is 34.8 Å². The molecule has 0 radical (unpaired) electrons. The molecule has 0 fully saturated rings. The van der Waals surface area contributed by atoms with E-state index in [2.05, 4.69) is 16.7 Å². The van der Waals surface area contributed by atoms with E-state index in [-0.39, 0.29) is 42.0 Å². The van der Waals surface area contributed by atoms with Crippen molar-refractivity contribution in [1.29, 1.82) is 0 Å². The van der Waals surface area contributed by atoms with E-state index in [1.807, 2.05) is 36.4 Å². The highest BCUT2D eigenvalue weighted by atomic mass is 31.2. The third-order valence-corrected chi connectivity index (χ3v) is 6.73. The van der Waals surface area contributed by atoms with Gasteiger partial charge in [-0.2, -0.15) is 0 Å². The lowest BCUT2D eigenvalue weighted by Gasteiger charge is -2.22. The molecule has 1 amide bonds. The molecule has 0 saturated heterocycles. The zero-order valence-electron chi connectivity index (χ0n) is 18.2. The maximum Gasteiger partial charge on any atom is 0.325 e. The van der Waals surface area contributed by atoms with Crippen LogP contribution in [0.3, 0.4) is 0 Å². The Labute approximate surface area is 191 Å². The Bertz CT molecular complexity index is 1140. The van der Waals surface area contributed by atoms with E-state index in [1.54, 1.807) is 0 Å². The van der Waals surface area contributed by atoms with Gasteiger partial charge in [-0.1, -0.05) is 30.3 Å². The standard InChI is InChI=1S/C23H27N2O5P.2H2O/c24-23(26)18-8-4-9-21-22(18)19-14-17(30-12-5-13-31(27,28)29)10-11-20(19)25(21)15-16-6-2-1-3-7-16;;/h1-3,6-7,10-11,14,18H,4-5,8-9,12-13,15H2,(H2,24,26)(H2,27,28,29);2*1H2. The van der Waals surface area contributed by atoms with Crippen molar-refractivity contribution in [2.75, 3.05) is 12.8 Å². The number of hydrogen-bond donors (Lipinski definition) is 3. The van der Waals surface area contributed by atoms with Crippen LogP contribution in [0.5, 0.6) is 5.75 Å². The minimum Gasteiger partial charge on any atom is -0.494 e. The molecular formula is C23H31N2O7P. The summed E-state index contributed by atoms with van der Waals surface area (Å²) in [5.74, 6) is -0.0208. The predicted octanol–water partition coefficient (Wildman–Crippen LogP) is 1.89. The first-order valence-electron chi connectivity index (χ1n) is 10.5. The van der Waals surface area contributed by atoms with E-state index in [0.29, 0.717) is 12.3 Å². The molecule has 1 heterocycles. The molecular weight excluding hydrogens is 447 g/mol. The minimum absolute atomic E-state index is 0. The number of primary amides is 1. The van der Waals surface area contributed by atoms with Crippen LogP contribution in [0.4, 0.5) is 0 Å². The number of nitrogens with two attached hydrogens (primary N) is 1. The molecule has 1 aliphatic carbocycles. The quantitative estimate of drug-likeness (QED) is 0.330. The largest absolute Gasteiger partial charge is 0.494 e. The topological polar surface area (TPSA) is 178 Å². The molecule has 10 heteroatoms. The Hall–Kier alpha value is -2.68.